The Kier molecular flexibility index (Phi) is 17.2. The van der Waals surface area contributed by atoms with Gasteiger partial charge >= 0.3 is 0 Å². The summed E-state index contributed by atoms with van der Waals surface area (Å²) in [4.78, 5) is 20.0. The van der Waals surface area contributed by atoms with Crippen LogP contribution in [0.3, 0.4) is 0 Å². The van der Waals surface area contributed by atoms with E-state index in [1.807, 2.05) is 0 Å². The van der Waals surface area contributed by atoms with E-state index < -0.39 is 0 Å². The van der Waals surface area contributed by atoms with Crippen molar-refractivity contribution in [1.29, 1.82) is 0 Å². The minimum atomic E-state index is 0.717. The van der Waals surface area contributed by atoms with Gasteiger partial charge in [0.25, 0.3) is 0 Å². The maximum Gasteiger partial charge on any atom is 0.142 e. The van der Waals surface area contributed by atoms with Gasteiger partial charge in [-0.2, -0.15) is 0 Å². The predicted octanol–water partition coefficient (Wildman–Crippen LogP) is 25.2. The van der Waals surface area contributed by atoms with Crippen LogP contribution in [0.1, 0.15) is 0 Å². The van der Waals surface area contributed by atoms with Gasteiger partial charge in [0, 0.05) is 85.8 Å². The molecule has 96 heavy (non-hydrogen) atoms. The fourth-order valence-electron chi connectivity index (χ4n) is 12.8. The minimum Gasteiger partial charge on any atom is -0.310 e. The van der Waals surface area contributed by atoms with Crippen LogP contribution in [0.25, 0.3) is 22.3 Å². The summed E-state index contributed by atoms with van der Waals surface area (Å²) in [6, 6.07) is 144. The van der Waals surface area contributed by atoms with Crippen LogP contribution in [-0.4, -0.2) is 4.98 Å². The van der Waals surface area contributed by atoms with Crippen LogP contribution in [0.15, 0.2) is 406 Å². The highest BCUT2D eigenvalue weighted by molar-refractivity contribution is 6.00. The molecule has 15 aromatic rings. The van der Waals surface area contributed by atoms with Gasteiger partial charge < -0.3 is 19.6 Å². The van der Waals surface area contributed by atoms with Crippen LogP contribution in [-0.2, 0) is 0 Å². The molecule has 14 aromatic carbocycles. The average molecular weight is 1230 g/mol. The number of rotatable bonds is 20. The van der Waals surface area contributed by atoms with Crippen LogP contribution in [0.4, 0.5) is 103 Å². The highest BCUT2D eigenvalue weighted by Gasteiger charge is 2.29. The van der Waals surface area contributed by atoms with Crippen molar-refractivity contribution in [3.05, 3.63) is 406 Å². The number of benzene rings is 14. The number of hydrogen-bond donors (Lipinski definition) is 0. The second kappa shape index (κ2) is 27.9. The number of para-hydroxylation sites is 10. The van der Waals surface area contributed by atoms with Crippen LogP contribution < -0.4 is 29.4 Å². The lowest BCUT2D eigenvalue weighted by Crippen LogP contribution is -2.19. The third-order valence-corrected chi connectivity index (χ3v) is 17.1. The molecule has 15 rings (SSSR count). The van der Waals surface area contributed by atoms with Crippen molar-refractivity contribution in [1.82, 2.24) is 4.98 Å². The molecule has 0 spiro atoms. The normalized spacial score (nSPS) is 10.9. The Morgan fingerprint density at radius 3 is 0.625 bits per heavy atom. The predicted molar refractivity (Wildman–Crippen MR) is 403 cm³/mol. The van der Waals surface area contributed by atoms with Crippen LogP contribution in [0.5, 0.6) is 0 Å². The Labute approximate surface area is 562 Å². The van der Waals surface area contributed by atoms with Crippen LogP contribution in [0, 0.1) is 0 Å². The van der Waals surface area contributed by atoms with Crippen molar-refractivity contribution in [3.63, 3.8) is 0 Å². The molecule has 0 radical (unpaired) electrons. The molecular weight excluding hydrogens is 1170 g/mol. The van der Waals surface area contributed by atoms with Gasteiger partial charge in [-0.05, 0) is 157 Å². The minimum absolute atomic E-state index is 0.717. The molecule has 0 saturated heterocycles. The molecule has 1 aromatic heterocycles. The monoisotopic (exact) mass is 1230 g/mol. The molecule has 0 amide bonds. The molecule has 0 aliphatic carbocycles. The van der Waals surface area contributed by atoms with Crippen molar-refractivity contribution in [2.45, 2.75) is 0 Å². The molecule has 0 N–H and O–H groups in total. The van der Waals surface area contributed by atoms with E-state index in [4.69, 9.17) is 4.98 Å². The molecule has 7 heteroatoms. The third kappa shape index (κ3) is 12.6. The molecule has 0 aliphatic heterocycles. The Hall–Kier alpha value is -13.0. The largest absolute Gasteiger partial charge is 0.310 e. The van der Waals surface area contributed by atoms with Crippen molar-refractivity contribution < 1.29 is 0 Å². The summed E-state index contributed by atoms with van der Waals surface area (Å²) < 4.78 is 0. The molecule has 7 nitrogen and oxygen atoms in total. The maximum atomic E-state index is 5.84. The third-order valence-electron chi connectivity index (χ3n) is 17.1. The van der Waals surface area contributed by atoms with Crippen molar-refractivity contribution in [2.75, 3.05) is 29.4 Å². The lowest BCUT2D eigenvalue weighted by molar-refractivity contribution is 1.12. The first-order valence-electron chi connectivity index (χ1n) is 32.4. The zero-order valence-electron chi connectivity index (χ0n) is 52.8. The molecule has 0 saturated carbocycles. The first kappa shape index (κ1) is 59.3. The topological polar surface area (TPSA) is 32.3 Å². The number of hydrogen-bond acceptors (Lipinski definition) is 7. The maximum absolute atomic E-state index is 5.84. The summed E-state index contributed by atoms with van der Waals surface area (Å²) in [5, 5.41) is 0. The second-order valence-electron chi connectivity index (χ2n) is 23.2. The smallest absolute Gasteiger partial charge is 0.142 e. The second-order valence-corrected chi connectivity index (χ2v) is 23.2. The van der Waals surface area contributed by atoms with Gasteiger partial charge in [0.05, 0.1) is 28.4 Å². The van der Waals surface area contributed by atoms with Gasteiger partial charge in [-0.3, -0.25) is 9.80 Å². The summed E-state index contributed by atoms with van der Waals surface area (Å²) in [6.45, 7) is 0. The van der Waals surface area contributed by atoms with E-state index in [9.17, 15) is 0 Å². The zero-order chi connectivity index (χ0) is 64.2. The van der Waals surface area contributed by atoms with E-state index in [0.717, 1.165) is 125 Å². The fourth-order valence-corrected chi connectivity index (χ4v) is 12.8. The summed E-state index contributed by atoms with van der Waals surface area (Å²) in [7, 11) is 0. The Morgan fingerprint density at radius 1 is 0.146 bits per heavy atom. The molecule has 0 unspecified atom stereocenters. The van der Waals surface area contributed by atoms with Crippen molar-refractivity contribution >= 4 is 103 Å². The molecule has 1 heterocycles. The van der Waals surface area contributed by atoms with Crippen molar-refractivity contribution in [3.8, 4) is 22.3 Å². The summed E-state index contributed by atoms with van der Waals surface area (Å²) in [5.74, 6) is 1.43. The molecule has 0 fully saturated rings. The van der Waals surface area contributed by atoms with Gasteiger partial charge in [-0.25, -0.2) is 4.98 Å². The van der Waals surface area contributed by atoms with E-state index in [0.29, 0.717) is 0 Å². The van der Waals surface area contributed by atoms with E-state index >= 15 is 0 Å². The highest BCUT2D eigenvalue weighted by atomic mass is 15.3. The lowest BCUT2D eigenvalue weighted by Gasteiger charge is -2.35. The average Bonchev–Trinajstić information content (AvgIpc) is 0.756. The molecule has 0 atom stereocenters. The van der Waals surface area contributed by atoms with Gasteiger partial charge in [-0.15, -0.1) is 0 Å². The quantitative estimate of drug-likeness (QED) is 0.0752. The molecule has 458 valence electrons. The first-order chi connectivity index (χ1) is 47.7. The van der Waals surface area contributed by atoms with E-state index in [-0.39, 0.29) is 0 Å². The summed E-state index contributed by atoms with van der Waals surface area (Å²) >= 11 is 0. The molecular formula is C89H67N7. The van der Waals surface area contributed by atoms with E-state index in [1.54, 1.807) is 0 Å². The van der Waals surface area contributed by atoms with E-state index in [2.05, 4.69) is 436 Å². The van der Waals surface area contributed by atoms with Gasteiger partial charge in [-0.1, -0.05) is 249 Å². The summed E-state index contributed by atoms with van der Waals surface area (Å²) in [5.41, 5.74) is 19.8. The lowest BCUT2D eigenvalue weighted by atomic mass is 9.94. The zero-order valence-corrected chi connectivity index (χ0v) is 52.8. The SMILES string of the molecule is c1ccc(-c2cccc(-c3ccccc3)c2N(c2cccc(N(c3ccccc3)c3cc(N(c4ccccc4)c4ccccc4)cc(N(c4ccccc4)c4ccccc4)c3)c2)c2cc(N(c3ccccc3)c3ccccc3)nc(N(c3ccccc3)c3ccccc3)c2)cc1. The fraction of sp³-hybridized carbons (Fsp3) is 0. The molecule has 0 aliphatic rings. The Morgan fingerprint density at radius 2 is 0.344 bits per heavy atom. The van der Waals surface area contributed by atoms with Gasteiger partial charge in [0.2, 0.25) is 0 Å². The number of nitrogens with zero attached hydrogens (tertiary/aromatic N) is 7. The van der Waals surface area contributed by atoms with Gasteiger partial charge in [0.15, 0.2) is 0 Å². The Balaban J connectivity index is 1.03. The molecule has 0 bridgehead atoms. The number of pyridine rings is 1. The summed E-state index contributed by atoms with van der Waals surface area (Å²) in [6.07, 6.45) is 0. The van der Waals surface area contributed by atoms with E-state index in [1.165, 1.54) is 0 Å². The Bertz CT molecular complexity index is 4560. The van der Waals surface area contributed by atoms with Crippen molar-refractivity contribution in [2.24, 2.45) is 0 Å². The number of anilines is 18. The number of aromatic nitrogens is 1. The first-order valence-corrected chi connectivity index (χ1v) is 32.4. The highest BCUT2D eigenvalue weighted by Crippen LogP contribution is 2.52. The van der Waals surface area contributed by atoms with Crippen LogP contribution in [0.2, 0.25) is 0 Å². The van der Waals surface area contributed by atoms with Gasteiger partial charge in [0.1, 0.15) is 11.6 Å². The standard InChI is InChI=1S/C89H67N7/c1-12-36-68(37-13-1)85-60-35-61-86(69-38-14-2-15-39-69)89(85)96(84-66-87(94(75-50-26-8-27-51-75)76-52-28-9-29-53-76)90-88(67-84)95(77-54-30-10-31-55-77)78-56-32-11-33-57-78)80-59-34-58-79(62-80)93(74-48-24-7-25-49-74)83-64-81(91(70-40-16-3-17-41-70)71-42-18-4-19-43-71)63-82(65-83)92(72-44-20-5-21-45-72)73-46-22-6-23-47-73/h1-67H. The van der Waals surface area contributed by atoms with Crippen LogP contribution >= 0.6 is 0 Å².